The summed E-state index contributed by atoms with van der Waals surface area (Å²) in [5.41, 5.74) is 0.659. The number of aryl methyl sites for hydroxylation is 1. The van der Waals surface area contributed by atoms with Crippen molar-refractivity contribution in [1.82, 2.24) is 19.4 Å². The van der Waals surface area contributed by atoms with Crippen molar-refractivity contribution in [2.45, 2.75) is 45.6 Å². The molecule has 1 saturated heterocycles. The number of carbonyl (C=O) groups is 1. The maximum atomic E-state index is 12.7. The number of hydrogen-bond acceptors (Lipinski definition) is 3. The second-order valence-corrected chi connectivity index (χ2v) is 6.76. The standard InChI is InChI=1S/C18H24N4O2/c1-12(2)22-10-8-19-16(22)14-5-4-9-21(11-14)18(24)15-7-6-13(3)20-17(15)23/h6-8,10,12,14H,4-5,9,11H2,1-3H3,(H,20,23)/t14-/m0/s1. The van der Waals surface area contributed by atoms with Crippen molar-refractivity contribution in [3.05, 3.63) is 52.0 Å². The maximum Gasteiger partial charge on any atom is 0.260 e. The first kappa shape index (κ1) is 16.5. The number of likely N-dealkylation sites (tertiary alicyclic amines) is 1. The van der Waals surface area contributed by atoms with Gasteiger partial charge in [-0.25, -0.2) is 4.98 Å². The molecule has 1 amide bonds. The third-order valence-corrected chi connectivity index (χ3v) is 4.61. The van der Waals surface area contributed by atoms with Gasteiger partial charge in [0.2, 0.25) is 0 Å². The van der Waals surface area contributed by atoms with Gasteiger partial charge in [0.1, 0.15) is 11.4 Å². The molecule has 1 aliphatic heterocycles. The number of nitrogens with one attached hydrogen (secondary N) is 1. The molecule has 2 aromatic heterocycles. The van der Waals surface area contributed by atoms with Crippen molar-refractivity contribution in [3.8, 4) is 0 Å². The van der Waals surface area contributed by atoms with Crippen LogP contribution in [0.25, 0.3) is 0 Å². The van der Waals surface area contributed by atoms with Gasteiger partial charge < -0.3 is 14.5 Å². The lowest BCUT2D eigenvalue weighted by Crippen LogP contribution is -2.41. The summed E-state index contributed by atoms with van der Waals surface area (Å²) < 4.78 is 2.16. The fourth-order valence-electron chi connectivity index (χ4n) is 3.36. The SMILES string of the molecule is Cc1ccc(C(=O)N2CCC[C@H](c3nccn3C(C)C)C2)c(=O)[nH]1. The zero-order chi connectivity index (χ0) is 17.3. The monoisotopic (exact) mass is 328 g/mol. The van der Waals surface area contributed by atoms with Crippen LogP contribution in [0, 0.1) is 6.92 Å². The summed E-state index contributed by atoms with van der Waals surface area (Å²) in [6.45, 7) is 7.35. The molecule has 3 heterocycles. The number of pyridine rings is 1. The normalized spacial score (nSPS) is 18.2. The Kier molecular flexibility index (Phi) is 4.55. The highest BCUT2D eigenvalue weighted by Crippen LogP contribution is 2.28. The minimum atomic E-state index is -0.314. The van der Waals surface area contributed by atoms with Crippen molar-refractivity contribution >= 4 is 5.91 Å². The molecular weight excluding hydrogens is 304 g/mol. The number of hydrogen-bond donors (Lipinski definition) is 1. The fourth-order valence-corrected chi connectivity index (χ4v) is 3.36. The number of rotatable bonds is 3. The summed E-state index contributed by atoms with van der Waals surface area (Å²) in [5.74, 6) is 1.05. The van der Waals surface area contributed by atoms with Crippen LogP contribution in [0.4, 0.5) is 0 Å². The summed E-state index contributed by atoms with van der Waals surface area (Å²) in [4.78, 5) is 33.8. The number of aromatic nitrogens is 3. The first-order chi connectivity index (χ1) is 11.5. The molecule has 128 valence electrons. The molecule has 0 unspecified atom stereocenters. The van der Waals surface area contributed by atoms with Crippen LogP contribution in [0.2, 0.25) is 0 Å². The average molecular weight is 328 g/mol. The second-order valence-electron chi connectivity index (χ2n) is 6.76. The summed E-state index contributed by atoms with van der Waals surface area (Å²) in [6.07, 6.45) is 5.75. The van der Waals surface area contributed by atoms with E-state index in [4.69, 9.17) is 0 Å². The average Bonchev–Trinajstić information content (AvgIpc) is 3.04. The van der Waals surface area contributed by atoms with E-state index >= 15 is 0 Å². The van der Waals surface area contributed by atoms with Crippen molar-refractivity contribution in [3.63, 3.8) is 0 Å². The molecule has 6 nitrogen and oxygen atoms in total. The van der Waals surface area contributed by atoms with Crippen LogP contribution < -0.4 is 5.56 Å². The molecule has 0 saturated carbocycles. The number of nitrogens with zero attached hydrogens (tertiary/aromatic N) is 3. The fraction of sp³-hybridized carbons (Fsp3) is 0.500. The van der Waals surface area contributed by atoms with E-state index in [9.17, 15) is 9.59 Å². The molecule has 0 aromatic carbocycles. The number of piperidine rings is 1. The topological polar surface area (TPSA) is 71.0 Å². The lowest BCUT2D eigenvalue weighted by molar-refractivity contribution is 0.0701. The van der Waals surface area contributed by atoms with Crippen LogP contribution in [-0.4, -0.2) is 38.4 Å². The summed E-state index contributed by atoms with van der Waals surface area (Å²) in [6, 6.07) is 3.73. The number of carbonyl (C=O) groups excluding carboxylic acids is 1. The highest BCUT2D eigenvalue weighted by Gasteiger charge is 2.29. The minimum absolute atomic E-state index is 0.191. The van der Waals surface area contributed by atoms with E-state index < -0.39 is 0 Å². The predicted molar refractivity (Wildman–Crippen MR) is 92.3 cm³/mol. The van der Waals surface area contributed by atoms with Crippen molar-refractivity contribution in [2.24, 2.45) is 0 Å². The van der Waals surface area contributed by atoms with Crippen molar-refractivity contribution in [1.29, 1.82) is 0 Å². The van der Waals surface area contributed by atoms with Gasteiger partial charge in [-0.2, -0.15) is 0 Å². The largest absolute Gasteiger partial charge is 0.338 e. The van der Waals surface area contributed by atoms with Gasteiger partial charge in [0.05, 0.1) is 0 Å². The summed E-state index contributed by atoms with van der Waals surface area (Å²) in [5, 5.41) is 0. The van der Waals surface area contributed by atoms with E-state index in [0.717, 1.165) is 24.4 Å². The molecule has 0 spiro atoms. The zero-order valence-electron chi connectivity index (χ0n) is 14.5. The van der Waals surface area contributed by atoms with Gasteiger partial charge in [0, 0.05) is 43.1 Å². The van der Waals surface area contributed by atoms with Gasteiger partial charge in [-0.15, -0.1) is 0 Å². The molecule has 1 fully saturated rings. The summed E-state index contributed by atoms with van der Waals surface area (Å²) in [7, 11) is 0. The van der Waals surface area contributed by atoms with Crippen LogP contribution in [-0.2, 0) is 0 Å². The molecule has 0 radical (unpaired) electrons. The highest BCUT2D eigenvalue weighted by molar-refractivity contribution is 5.93. The molecule has 1 aliphatic rings. The van der Waals surface area contributed by atoms with Gasteiger partial charge in [-0.1, -0.05) is 0 Å². The quantitative estimate of drug-likeness (QED) is 0.941. The van der Waals surface area contributed by atoms with Crippen LogP contribution >= 0.6 is 0 Å². The van der Waals surface area contributed by atoms with Gasteiger partial charge in [0.15, 0.2) is 0 Å². The molecule has 0 aliphatic carbocycles. The van der Waals surface area contributed by atoms with Gasteiger partial charge in [-0.3, -0.25) is 9.59 Å². The smallest absolute Gasteiger partial charge is 0.260 e. The Morgan fingerprint density at radius 2 is 2.17 bits per heavy atom. The Morgan fingerprint density at radius 3 is 2.88 bits per heavy atom. The molecule has 2 aromatic rings. The minimum Gasteiger partial charge on any atom is -0.338 e. The van der Waals surface area contributed by atoms with E-state index in [1.54, 1.807) is 24.0 Å². The first-order valence-electron chi connectivity index (χ1n) is 8.49. The van der Waals surface area contributed by atoms with Gasteiger partial charge >= 0.3 is 0 Å². The van der Waals surface area contributed by atoms with Crippen molar-refractivity contribution < 1.29 is 4.79 Å². The van der Waals surface area contributed by atoms with Crippen LogP contribution in [0.3, 0.4) is 0 Å². The molecule has 1 atom stereocenters. The number of amides is 1. The lowest BCUT2D eigenvalue weighted by atomic mass is 9.96. The Balaban J connectivity index is 1.81. The molecular formula is C18H24N4O2. The van der Waals surface area contributed by atoms with E-state index in [2.05, 4.69) is 28.4 Å². The van der Waals surface area contributed by atoms with E-state index in [1.165, 1.54) is 0 Å². The van der Waals surface area contributed by atoms with Gasteiger partial charge in [-0.05, 0) is 45.7 Å². The third kappa shape index (κ3) is 3.13. The van der Waals surface area contributed by atoms with E-state index in [0.29, 0.717) is 19.1 Å². The van der Waals surface area contributed by atoms with E-state index in [-0.39, 0.29) is 22.9 Å². The summed E-state index contributed by atoms with van der Waals surface area (Å²) >= 11 is 0. The zero-order valence-corrected chi connectivity index (χ0v) is 14.5. The molecule has 0 bridgehead atoms. The molecule has 6 heteroatoms. The molecule has 24 heavy (non-hydrogen) atoms. The Labute approximate surface area is 141 Å². The Hall–Kier alpha value is -2.37. The van der Waals surface area contributed by atoms with Crippen LogP contribution in [0.1, 0.15) is 60.5 Å². The Morgan fingerprint density at radius 1 is 1.38 bits per heavy atom. The van der Waals surface area contributed by atoms with Crippen LogP contribution in [0.15, 0.2) is 29.3 Å². The maximum absolute atomic E-state index is 12.7. The third-order valence-electron chi connectivity index (χ3n) is 4.61. The number of aromatic amines is 1. The second kappa shape index (κ2) is 6.63. The first-order valence-corrected chi connectivity index (χ1v) is 8.49. The van der Waals surface area contributed by atoms with E-state index in [1.807, 2.05) is 12.4 Å². The van der Waals surface area contributed by atoms with Gasteiger partial charge in [0.25, 0.3) is 11.5 Å². The lowest BCUT2D eigenvalue weighted by Gasteiger charge is -2.33. The van der Waals surface area contributed by atoms with Crippen molar-refractivity contribution in [2.75, 3.05) is 13.1 Å². The predicted octanol–water partition coefficient (Wildman–Crippen LogP) is 2.48. The molecule has 1 N–H and O–H groups in total. The molecule has 3 rings (SSSR count). The van der Waals surface area contributed by atoms with Crippen LogP contribution in [0.5, 0.6) is 0 Å². The number of H-pyrrole nitrogens is 1. The highest BCUT2D eigenvalue weighted by atomic mass is 16.2. The number of imidazole rings is 1. The Bertz CT molecular complexity index is 790.